The Balaban J connectivity index is 1.74. The average molecular weight is 524 g/mol. The second-order valence-electron chi connectivity index (χ2n) is 8.21. The first-order valence-corrected chi connectivity index (χ1v) is 11.7. The van der Waals surface area contributed by atoms with Gasteiger partial charge in [-0.1, -0.05) is 17.7 Å². The molecule has 190 valence electrons. The Morgan fingerprint density at radius 3 is 2.62 bits per heavy atom. The fraction of sp³-hybridized carbons (Fsp3) is 0.185. The van der Waals surface area contributed by atoms with Gasteiger partial charge in [0.05, 0.1) is 30.4 Å². The predicted octanol–water partition coefficient (Wildman–Crippen LogP) is 4.81. The molecule has 2 heterocycles. The van der Waals surface area contributed by atoms with Crippen LogP contribution in [0.25, 0.3) is 5.76 Å². The summed E-state index contributed by atoms with van der Waals surface area (Å²) in [7, 11) is 1.46. The van der Waals surface area contributed by atoms with Crippen molar-refractivity contribution >= 4 is 34.7 Å². The third-order valence-corrected chi connectivity index (χ3v) is 6.44. The summed E-state index contributed by atoms with van der Waals surface area (Å²) in [6, 6.07) is 12.8. The first kappa shape index (κ1) is 24.3. The van der Waals surface area contributed by atoms with Crippen molar-refractivity contribution in [3.63, 3.8) is 0 Å². The fourth-order valence-corrected chi connectivity index (χ4v) is 4.59. The summed E-state index contributed by atoms with van der Waals surface area (Å²) in [5.41, 5.74) is 0.696. The molecule has 1 amide bonds. The minimum atomic E-state index is -1.08. The number of halogens is 1. The number of Topliss-reactive ketones (excluding diaryl/α,β-unsaturated/α-hetero) is 1. The summed E-state index contributed by atoms with van der Waals surface area (Å²) in [5, 5.41) is 21.8. The van der Waals surface area contributed by atoms with Crippen LogP contribution in [-0.4, -0.2) is 42.4 Å². The number of methoxy groups -OCH3 is 1. The number of ether oxygens (including phenoxy) is 4. The Labute approximate surface area is 217 Å². The number of amides is 1. The standard InChI is InChI=1S/C27H22ClNO8/c1-3-35-21-10-14(4-8-19(21)30)24-23(25(31)17-12-16(34-2)6-7-18(17)28)26(32)27(33)29(24)15-5-9-20-22(11-15)37-13-36-20/h4-12,24,30-31H,3,13H2,1-2H3/b25-23+. The number of hydrogen-bond donors (Lipinski definition) is 2. The van der Waals surface area contributed by atoms with Gasteiger partial charge in [0.1, 0.15) is 11.5 Å². The average Bonchev–Trinajstić information content (AvgIpc) is 3.47. The van der Waals surface area contributed by atoms with Gasteiger partial charge in [-0.25, -0.2) is 0 Å². The normalized spacial score (nSPS) is 17.8. The maximum atomic E-state index is 13.4. The van der Waals surface area contributed by atoms with Gasteiger partial charge in [0.2, 0.25) is 6.79 Å². The minimum Gasteiger partial charge on any atom is -0.507 e. The van der Waals surface area contributed by atoms with E-state index in [0.29, 0.717) is 28.5 Å². The summed E-state index contributed by atoms with van der Waals surface area (Å²) in [5.74, 6) is -0.881. The zero-order chi connectivity index (χ0) is 26.3. The van der Waals surface area contributed by atoms with Crippen molar-refractivity contribution in [3.8, 4) is 28.7 Å². The van der Waals surface area contributed by atoms with Crippen LogP contribution in [0.15, 0.2) is 60.2 Å². The number of benzene rings is 3. The summed E-state index contributed by atoms with van der Waals surface area (Å²) in [6.07, 6.45) is 0. The highest BCUT2D eigenvalue weighted by Crippen LogP contribution is 2.46. The van der Waals surface area contributed by atoms with Gasteiger partial charge in [0.15, 0.2) is 23.0 Å². The lowest BCUT2D eigenvalue weighted by Gasteiger charge is -2.26. The molecular weight excluding hydrogens is 502 g/mol. The highest BCUT2D eigenvalue weighted by Gasteiger charge is 2.47. The zero-order valence-corrected chi connectivity index (χ0v) is 20.6. The van der Waals surface area contributed by atoms with E-state index in [1.54, 1.807) is 37.3 Å². The molecule has 2 N–H and O–H groups in total. The van der Waals surface area contributed by atoms with Crippen molar-refractivity contribution < 1.29 is 38.7 Å². The van der Waals surface area contributed by atoms with Crippen LogP contribution in [0.3, 0.4) is 0 Å². The highest BCUT2D eigenvalue weighted by molar-refractivity contribution is 6.52. The second kappa shape index (κ2) is 9.59. The number of anilines is 1. The molecule has 0 saturated carbocycles. The van der Waals surface area contributed by atoms with Crippen LogP contribution in [0.1, 0.15) is 24.1 Å². The molecule has 0 aromatic heterocycles. The number of phenolic OH excluding ortho intramolecular Hbond substituents is 1. The number of rotatable bonds is 6. The maximum Gasteiger partial charge on any atom is 0.300 e. The topological polar surface area (TPSA) is 115 Å². The van der Waals surface area contributed by atoms with Crippen LogP contribution >= 0.6 is 11.6 Å². The molecule has 10 heteroatoms. The fourth-order valence-electron chi connectivity index (χ4n) is 4.38. The number of aromatic hydroxyl groups is 1. The lowest BCUT2D eigenvalue weighted by atomic mass is 9.94. The van der Waals surface area contributed by atoms with Gasteiger partial charge in [0.25, 0.3) is 11.7 Å². The lowest BCUT2D eigenvalue weighted by Crippen LogP contribution is -2.29. The van der Waals surface area contributed by atoms with E-state index in [9.17, 15) is 19.8 Å². The van der Waals surface area contributed by atoms with Crippen molar-refractivity contribution in [1.82, 2.24) is 0 Å². The Morgan fingerprint density at radius 2 is 1.86 bits per heavy atom. The second-order valence-corrected chi connectivity index (χ2v) is 8.62. The third-order valence-electron chi connectivity index (χ3n) is 6.11. The molecule has 1 unspecified atom stereocenters. The lowest BCUT2D eigenvalue weighted by molar-refractivity contribution is -0.132. The molecule has 2 aliphatic heterocycles. The molecule has 0 aliphatic carbocycles. The smallest absolute Gasteiger partial charge is 0.300 e. The summed E-state index contributed by atoms with van der Waals surface area (Å²) in [6.45, 7) is 2.07. The van der Waals surface area contributed by atoms with Crippen molar-refractivity contribution in [2.45, 2.75) is 13.0 Å². The van der Waals surface area contributed by atoms with E-state index in [1.165, 1.54) is 36.3 Å². The van der Waals surface area contributed by atoms with E-state index in [1.807, 2.05) is 0 Å². The predicted molar refractivity (Wildman–Crippen MR) is 135 cm³/mol. The number of carbonyl (C=O) groups excluding carboxylic acids is 2. The molecule has 5 rings (SSSR count). The number of nitrogens with zero attached hydrogens (tertiary/aromatic N) is 1. The van der Waals surface area contributed by atoms with Crippen LogP contribution < -0.4 is 23.8 Å². The van der Waals surface area contributed by atoms with Gasteiger partial charge in [-0.2, -0.15) is 0 Å². The number of ketones is 1. The molecule has 37 heavy (non-hydrogen) atoms. The zero-order valence-electron chi connectivity index (χ0n) is 19.9. The Hall–Kier alpha value is -4.37. The van der Waals surface area contributed by atoms with Crippen LogP contribution in [0, 0.1) is 0 Å². The van der Waals surface area contributed by atoms with E-state index in [0.717, 1.165) is 0 Å². The number of aliphatic hydroxyl groups is 1. The number of fused-ring (bicyclic) bond motifs is 1. The van der Waals surface area contributed by atoms with Crippen molar-refractivity contribution in [3.05, 3.63) is 76.3 Å². The molecule has 0 spiro atoms. The number of carbonyl (C=O) groups is 2. The SMILES string of the molecule is CCOc1cc(C2/C(=C(\O)c3cc(OC)ccc3Cl)C(=O)C(=O)N2c2ccc3c(c2)OCO3)ccc1O. The van der Waals surface area contributed by atoms with Crippen LogP contribution in [0.4, 0.5) is 5.69 Å². The minimum absolute atomic E-state index is 0.0328. The molecule has 9 nitrogen and oxygen atoms in total. The molecular formula is C27H22ClNO8. The Kier molecular flexibility index (Phi) is 6.31. The molecule has 0 bridgehead atoms. The Morgan fingerprint density at radius 1 is 1.08 bits per heavy atom. The van der Waals surface area contributed by atoms with E-state index in [2.05, 4.69) is 0 Å². The van der Waals surface area contributed by atoms with E-state index >= 15 is 0 Å². The van der Waals surface area contributed by atoms with Gasteiger partial charge < -0.3 is 29.2 Å². The van der Waals surface area contributed by atoms with E-state index < -0.39 is 23.5 Å². The van der Waals surface area contributed by atoms with Gasteiger partial charge in [-0.05, 0) is 55.0 Å². The summed E-state index contributed by atoms with van der Waals surface area (Å²) >= 11 is 6.37. The molecule has 1 atom stereocenters. The van der Waals surface area contributed by atoms with E-state index in [-0.39, 0.29) is 41.1 Å². The van der Waals surface area contributed by atoms with Crippen LogP contribution in [-0.2, 0) is 9.59 Å². The molecule has 0 radical (unpaired) electrons. The number of aliphatic hydroxyl groups excluding tert-OH is 1. The van der Waals surface area contributed by atoms with Gasteiger partial charge in [-0.3, -0.25) is 14.5 Å². The quantitative estimate of drug-likeness (QED) is 0.269. The van der Waals surface area contributed by atoms with Crippen molar-refractivity contribution in [2.75, 3.05) is 25.4 Å². The van der Waals surface area contributed by atoms with Crippen molar-refractivity contribution in [1.29, 1.82) is 0 Å². The molecule has 3 aromatic carbocycles. The van der Waals surface area contributed by atoms with Gasteiger partial charge >= 0.3 is 0 Å². The number of hydrogen-bond acceptors (Lipinski definition) is 8. The molecule has 1 fully saturated rings. The molecule has 2 aliphatic rings. The largest absolute Gasteiger partial charge is 0.507 e. The van der Waals surface area contributed by atoms with E-state index in [4.69, 9.17) is 30.5 Å². The van der Waals surface area contributed by atoms with Crippen LogP contribution in [0.2, 0.25) is 5.02 Å². The molecule has 1 saturated heterocycles. The number of phenols is 1. The third kappa shape index (κ3) is 4.17. The summed E-state index contributed by atoms with van der Waals surface area (Å²) < 4.78 is 21.6. The molecule has 3 aromatic rings. The first-order chi connectivity index (χ1) is 17.8. The highest BCUT2D eigenvalue weighted by atomic mass is 35.5. The monoisotopic (exact) mass is 523 g/mol. The summed E-state index contributed by atoms with van der Waals surface area (Å²) in [4.78, 5) is 28.1. The first-order valence-electron chi connectivity index (χ1n) is 11.3. The van der Waals surface area contributed by atoms with Gasteiger partial charge in [0, 0.05) is 17.3 Å². The van der Waals surface area contributed by atoms with Crippen molar-refractivity contribution in [2.24, 2.45) is 0 Å². The maximum absolute atomic E-state index is 13.4. The van der Waals surface area contributed by atoms with Gasteiger partial charge in [-0.15, -0.1) is 0 Å². The van der Waals surface area contributed by atoms with Crippen LogP contribution in [0.5, 0.6) is 28.7 Å². The Bertz CT molecular complexity index is 1450.